The van der Waals surface area contributed by atoms with E-state index in [2.05, 4.69) is 5.32 Å². The van der Waals surface area contributed by atoms with Gasteiger partial charge in [0.05, 0.1) is 5.37 Å². The first-order valence-corrected chi connectivity index (χ1v) is 11.0. The Morgan fingerprint density at radius 2 is 2.00 bits per heavy atom. The number of nitrogens with one attached hydrogen (secondary N) is 1. The highest BCUT2D eigenvalue weighted by molar-refractivity contribution is 8.00. The molecule has 2 atom stereocenters. The molecular weight excluding hydrogens is 363 g/mol. The van der Waals surface area contributed by atoms with E-state index in [1.807, 2.05) is 13.8 Å². The number of thioether (sulfide) groups is 1. The zero-order chi connectivity index (χ0) is 19.4. The number of amides is 2. The van der Waals surface area contributed by atoms with E-state index in [0.29, 0.717) is 29.7 Å². The predicted octanol–water partition coefficient (Wildman–Crippen LogP) is 4.06. The number of hydrogen-bond donors (Lipinski definition) is 1. The number of carbonyl (C=O) groups is 2. The van der Waals surface area contributed by atoms with Crippen molar-refractivity contribution >= 4 is 23.6 Å². The van der Waals surface area contributed by atoms with Crippen LogP contribution >= 0.6 is 11.8 Å². The van der Waals surface area contributed by atoms with E-state index < -0.39 is 11.9 Å². The third-order valence-corrected chi connectivity index (χ3v) is 6.84. The van der Waals surface area contributed by atoms with Crippen LogP contribution in [0.25, 0.3) is 0 Å². The fourth-order valence-corrected chi connectivity index (χ4v) is 5.60. The standard InChI is InChI=1S/C21H29FN2O2S/c1-14(2)12-23-19(25)18-13-27-21(15-7-4-3-5-8-15)24(18)20(26)16-9-6-10-17(22)11-16/h6,9-11,14-15,18,21H,3-5,7-8,12-13H2,1-2H3,(H,23,25). The second-order valence-corrected chi connectivity index (χ2v) is 9.15. The first-order chi connectivity index (χ1) is 13.0. The van der Waals surface area contributed by atoms with E-state index in [1.54, 1.807) is 28.8 Å². The molecule has 2 unspecified atom stereocenters. The zero-order valence-electron chi connectivity index (χ0n) is 16.1. The minimum atomic E-state index is -0.489. The van der Waals surface area contributed by atoms with Gasteiger partial charge in [-0.15, -0.1) is 11.8 Å². The van der Waals surface area contributed by atoms with Crippen molar-refractivity contribution in [2.45, 2.75) is 57.4 Å². The molecule has 1 N–H and O–H groups in total. The topological polar surface area (TPSA) is 49.4 Å². The summed E-state index contributed by atoms with van der Waals surface area (Å²) < 4.78 is 13.7. The minimum Gasteiger partial charge on any atom is -0.354 e. The molecule has 1 aliphatic heterocycles. The van der Waals surface area contributed by atoms with Gasteiger partial charge in [-0.2, -0.15) is 0 Å². The Kier molecular flexibility index (Phi) is 6.79. The van der Waals surface area contributed by atoms with Crippen molar-refractivity contribution < 1.29 is 14.0 Å². The molecular formula is C21H29FN2O2S. The van der Waals surface area contributed by atoms with Gasteiger partial charge >= 0.3 is 0 Å². The second kappa shape index (κ2) is 9.09. The van der Waals surface area contributed by atoms with Gasteiger partial charge in [-0.05, 0) is 42.9 Å². The maximum Gasteiger partial charge on any atom is 0.255 e. The Morgan fingerprint density at radius 1 is 1.26 bits per heavy atom. The molecule has 1 saturated heterocycles. The molecule has 148 valence electrons. The van der Waals surface area contributed by atoms with Gasteiger partial charge in [-0.3, -0.25) is 9.59 Å². The van der Waals surface area contributed by atoms with Crippen LogP contribution in [0.15, 0.2) is 24.3 Å². The zero-order valence-corrected chi connectivity index (χ0v) is 16.9. The van der Waals surface area contributed by atoms with Gasteiger partial charge in [-0.25, -0.2) is 4.39 Å². The van der Waals surface area contributed by atoms with E-state index in [0.717, 1.165) is 12.8 Å². The molecule has 0 aromatic heterocycles. The van der Waals surface area contributed by atoms with Crippen LogP contribution in [0.1, 0.15) is 56.3 Å². The molecule has 1 saturated carbocycles. The van der Waals surface area contributed by atoms with Gasteiger partial charge in [-0.1, -0.05) is 39.2 Å². The molecule has 2 aliphatic rings. The summed E-state index contributed by atoms with van der Waals surface area (Å²) in [4.78, 5) is 27.8. The van der Waals surface area contributed by atoms with Crippen molar-refractivity contribution in [3.8, 4) is 0 Å². The highest BCUT2D eigenvalue weighted by Crippen LogP contribution is 2.41. The van der Waals surface area contributed by atoms with Crippen LogP contribution in [0.3, 0.4) is 0 Å². The van der Waals surface area contributed by atoms with Crippen molar-refractivity contribution in [2.24, 2.45) is 11.8 Å². The summed E-state index contributed by atoms with van der Waals surface area (Å²) in [7, 11) is 0. The van der Waals surface area contributed by atoms with Crippen molar-refractivity contribution in [2.75, 3.05) is 12.3 Å². The van der Waals surface area contributed by atoms with Gasteiger partial charge in [0, 0.05) is 17.9 Å². The van der Waals surface area contributed by atoms with Gasteiger partial charge in [0.15, 0.2) is 0 Å². The molecule has 2 amide bonds. The van der Waals surface area contributed by atoms with Crippen molar-refractivity contribution in [3.05, 3.63) is 35.6 Å². The highest BCUT2D eigenvalue weighted by Gasteiger charge is 2.45. The predicted molar refractivity (Wildman–Crippen MR) is 107 cm³/mol. The fraction of sp³-hybridized carbons (Fsp3) is 0.619. The molecule has 0 bridgehead atoms. The summed E-state index contributed by atoms with van der Waals surface area (Å²) >= 11 is 1.71. The second-order valence-electron chi connectivity index (χ2n) is 8.00. The first kappa shape index (κ1) is 20.2. The third kappa shape index (κ3) is 4.84. The highest BCUT2D eigenvalue weighted by atomic mass is 32.2. The van der Waals surface area contributed by atoms with Gasteiger partial charge in [0.2, 0.25) is 5.91 Å². The molecule has 1 heterocycles. The number of benzene rings is 1. The van der Waals surface area contributed by atoms with Crippen molar-refractivity contribution in [1.29, 1.82) is 0 Å². The molecule has 0 spiro atoms. The summed E-state index contributed by atoms with van der Waals surface area (Å²) in [5, 5.41) is 2.97. The smallest absolute Gasteiger partial charge is 0.255 e. The number of hydrogen-bond acceptors (Lipinski definition) is 3. The molecule has 6 heteroatoms. The number of rotatable bonds is 5. The van der Waals surface area contributed by atoms with Crippen molar-refractivity contribution in [1.82, 2.24) is 10.2 Å². The number of halogens is 1. The quantitative estimate of drug-likeness (QED) is 0.822. The van der Waals surface area contributed by atoms with Crippen LogP contribution in [0.4, 0.5) is 4.39 Å². The maximum absolute atomic E-state index is 13.7. The lowest BCUT2D eigenvalue weighted by atomic mass is 9.88. The van der Waals surface area contributed by atoms with Gasteiger partial charge in [0.1, 0.15) is 11.9 Å². The SMILES string of the molecule is CC(C)CNC(=O)C1CSC(C2CCCCC2)N1C(=O)c1cccc(F)c1. The molecule has 27 heavy (non-hydrogen) atoms. The van der Waals surface area contributed by atoms with Crippen LogP contribution in [0, 0.1) is 17.7 Å². The number of nitrogens with zero attached hydrogens (tertiary/aromatic N) is 1. The van der Waals surface area contributed by atoms with Crippen LogP contribution in [0.5, 0.6) is 0 Å². The summed E-state index contributed by atoms with van der Waals surface area (Å²) in [6.07, 6.45) is 5.77. The Bertz CT molecular complexity index is 676. The lowest BCUT2D eigenvalue weighted by Crippen LogP contribution is -2.52. The molecule has 0 radical (unpaired) electrons. The first-order valence-electron chi connectivity index (χ1n) is 9.95. The Balaban J connectivity index is 1.84. The normalized spacial score (nSPS) is 23.6. The molecule has 2 fully saturated rings. The minimum absolute atomic E-state index is 0.00383. The largest absolute Gasteiger partial charge is 0.354 e. The molecule has 1 aliphatic carbocycles. The number of carbonyl (C=O) groups excluding carboxylic acids is 2. The van der Waals surface area contributed by atoms with Gasteiger partial charge in [0.25, 0.3) is 5.91 Å². The average Bonchev–Trinajstić information content (AvgIpc) is 3.11. The molecule has 1 aromatic carbocycles. The molecule has 4 nitrogen and oxygen atoms in total. The lowest BCUT2D eigenvalue weighted by molar-refractivity contribution is -0.125. The molecule has 3 rings (SSSR count). The summed E-state index contributed by atoms with van der Waals surface area (Å²) in [5.41, 5.74) is 0.319. The van der Waals surface area contributed by atoms with Crippen LogP contribution in [0.2, 0.25) is 0 Å². The van der Waals surface area contributed by atoms with E-state index in [1.165, 1.54) is 31.4 Å². The fourth-order valence-electron chi connectivity index (χ4n) is 3.96. The van der Waals surface area contributed by atoms with Crippen molar-refractivity contribution in [3.63, 3.8) is 0 Å². The molecule has 1 aromatic rings. The lowest BCUT2D eigenvalue weighted by Gasteiger charge is -2.35. The van der Waals surface area contributed by atoms with Crippen LogP contribution in [-0.4, -0.2) is 40.4 Å². The average molecular weight is 393 g/mol. The maximum atomic E-state index is 13.7. The van der Waals surface area contributed by atoms with E-state index >= 15 is 0 Å². The Morgan fingerprint density at radius 3 is 2.67 bits per heavy atom. The summed E-state index contributed by atoms with van der Waals surface area (Å²) in [6.45, 7) is 4.68. The van der Waals surface area contributed by atoms with E-state index in [9.17, 15) is 14.0 Å². The van der Waals surface area contributed by atoms with Crippen LogP contribution in [-0.2, 0) is 4.79 Å². The summed E-state index contributed by atoms with van der Waals surface area (Å²) in [6, 6.07) is 5.30. The Hall–Kier alpha value is -1.56. The van der Waals surface area contributed by atoms with E-state index in [-0.39, 0.29) is 17.2 Å². The van der Waals surface area contributed by atoms with E-state index in [4.69, 9.17) is 0 Å². The monoisotopic (exact) mass is 392 g/mol. The Labute approximate surface area is 165 Å². The third-order valence-electron chi connectivity index (χ3n) is 5.38. The van der Waals surface area contributed by atoms with Crippen LogP contribution < -0.4 is 5.32 Å². The van der Waals surface area contributed by atoms with Gasteiger partial charge < -0.3 is 10.2 Å². The summed E-state index contributed by atoms with van der Waals surface area (Å²) in [5.74, 6) is 0.599.